The molecule has 0 heterocycles. The zero-order valence-corrected chi connectivity index (χ0v) is 8.03. The Morgan fingerprint density at radius 2 is 2.12 bits per heavy atom. The first kappa shape index (κ1) is 11.3. The quantitative estimate of drug-likeness (QED) is 0.274. The van der Waals surface area contributed by atoms with Gasteiger partial charge in [0.1, 0.15) is 6.07 Å². The Morgan fingerprint density at radius 3 is 2.56 bits per heavy atom. The van der Waals surface area contributed by atoms with Crippen molar-refractivity contribution in [3.63, 3.8) is 0 Å². The van der Waals surface area contributed by atoms with Gasteiger partial charge in [-0.05, 0) is 11.1 Å². The molecule has 1 aromatic carbocycles. The fraction of sp³-hybridized carbons (Fsp3) is 0. The molecule has 0 amide bonds. The highest BCUT2D eigenvalue weighted by Gasteiger charge is 2.02. The zero-order chi connectivity index (χ0) is 12.0. The summed E-state index contributed by atoms with van der Waals surface area (Å²) in [6, 6.07) is 7.81. The topological polar surface area (TPSA) is 110 Å². The molecule has 16 heavy (non-hydrogen) atoms. The Morgan fingerprint density at radius 1 is 1.50 bits per heavy atom. The van der Waals surface area contributed by atoms with Crippen LogP contribution >= 0.6 is 0 Å². The number of nitriles is 1. The van der Waals surface area contributed by atoms with E-state index in [1.165, 1.54) is 24.3 Å². The highest BCUT2D eigenvalue weighted by atomic mass is 16.4. The van der Waals surface area contributed by atoms with Gasteiger partial charge in [0.15, 0.2) is 0 Å². The molecule has 0 saturated carbocycles. The molecular weight excluding hydrogens is 208 g/mol. The normalized spacial score (nSPS) is 10.1. The van der Waals surface area contributed by atoms with Gasteiger partial charge in [0.2, 0.25) is 0 Å². The van der Waals surface area contributed by atoms with Crippen LogP contribution in [-0.2, 0) is 4.79 Å². The van der Waals surface area contributed by atoms with Gasteiger partial charge in [-0.1, -0.05) is 29.4 Å². The van der Waals surface area contributed by atoms with Crippen molar-refractivity contribution in [3.8, 4) is 6.07 Å². The number of aliphatic carboxylic acids is 1. The maximum Gasteiger partial charge on any atom is 0.329 e. The van der Waals surface area contributed by atoms with Crippen LogP contribution in [0, 0.1) is 11.3 Å². The van der Waals surface area contributed by atoms with Crippen LogP contribution < -0.4 is 0 Å². The monoisotopic (exact) mass is 214 g/mol. The van der Waals surface area contributed by atoms with E-state index in [9.17, 15) is 4.79 Å². The number of carboxylic acid groups (broad SMARTS) is 1. The van der Waals surface area contributed by atoms with E-state index >= 15 is 0 Å². The molecule has 78 valence electrons. The molecule has 1 N–H and O–H groups in total. The zero-order valence-electron chi connectivity index (χ0n) is 8.03. The third-order valence-electron chi connectivity index (χ3n) is 1.73. The molecular formula is C10H6N4O2. The van der Waals surface area contributed by atoms with Gasteiger partial charge in [0.25, 0.3) is 0 Å². The van der Waals surface area contributed by atoms with Gasteiger partial charge in [-0.25, -0.2) is 4.79 Å². The second-order valence-corrected chi connectivity index (χ2v) is 2.74. The summed E-state index contributed by atoms with van der Waals surface area (Å²) in [6.07, 6.45) is 0.822. The van der Waals surface area contributed by atoms with Gasteiger partial charge >= 0.3 is 5.97 Å². The lowest BCUT2D eigenvalue weighted by molar-refractivity contribution is -0.131. The van der Waals surface area contributed by atoms with E-state index in [2.05, 4.69) is 10.0 Å². The molecule has 0 unspecified atom stereocenters. The highest BCUT2D eigenvalue weighted by molar-refractivity contribution is 5.94. The molecule has 0 fully saturated rings. The van der Waals surface area contributed by atoms with Gasteiger partial charge in [-0.2, -0.15) is 5.26 Å². The first-order valence-corrected chi connectivity index (χ1v) is 4.17. The number of hydrogen-bond acceptors (Lipinski definition) is 3. The van der Waals surface area contributed by atoms with Crippen molar-refractivity contribution in [2.75, 3.05) is 0 Å². The van der Waals surface area contributed by atoms with Crippen LogP contribution in [-0.4, -0.2) is 11.1 Å². The van der Waals surface area contributed by atoms with E-state index in [1.807, 2.05) is 0 Å². The molecule has 1 aromatic rings. The lowest BCUT2D eigenvalue weighted by Gasteiger charge is -1.98. The third-order valence-corrected chi connectivity index (χ3v) is 1.73. The summed E-state index contributed by atoms with van der Waals surface area (Å²) in [7, 11) is 0. The van der Waals surface area contributed by atoms with Gasteiger partial charge in [0.05, 0.1) is 5.57 Å². The second kappa shape index (κ2) is 5.20. The number of benzene rings is 1. The van der Waals surface area contributed by atoms with Crippen molar-refractivity contribution in [3.05, 3.63) is 46.3 Å². The summed E-state index contributed by atoms with van der Waals surface area (Å²) in [5.74, 6) is -1.18. The Kier molecular flexibility index (Phi) is 3.67. The third kappa shape index (κ3) is 2.87. The summed E-state index contributed by atoms with van der Waals surface area (Å²) >= 11 is 0. The molecule has 0 spiro atoms. The van der Waals surface area contributed by atoms with Crippen molar-refractivity contribution in [1.29, 1.82) is 5.26 Å². The SMILES string of the molecule is N#CC(=CC(=O)O)c1ccc(N=[N+]=[N-])cc1. The Hall–Kier alpha value is -2.77. The minimum Gasteiger partial charge on any atom is -0.478 e. The lowest BCUT2D eigenvalue weighted by Crippen LogP contribution is -1.90. The molecule has 0 radical (unpaired) electrons. The molecule has 6 heteroatoms. The van der Waals surface area contributed by atoms with Gasteiger partial charge in [-0.15, -0.1) is 0 Å². The minimum absolute atomic E-state index is 0.0417. The Bertz CT molecular complexity index is 519. The molecule has 0 aromatic heterocycles. The van der Waals surface area contributed by atoms with Crippen LogP contribution in [0.25, 0.3) is 16.0 Å². The van der Waals surface area contributed by atoms with Crippen LogP contribution in [0.2, 0.25) is 0 Å². The average Bonchev–Trinajstić information content (AvgIpc) is 2.27. The van der Waals surface area contributed by atoms with Crippen LogP contribution in [0.5, 0.6) is 0 Å². The minimum atomic E-state index is -1.18. The predicted molar refractivity (Wildman–Crippen MR) is 56.5 cm³/mol. The summed E-state index contributed by atoms with van der Waals surface area (Å²) in [5.41, 5.74) is 9.08. The summed E-state index contributed by atoms with van der Waals surface area (Å²) in [6.45, 7) is 0. The molecule has 0 bridgehead atoms. The molecule has 0 atom stereocenters. The average molecular weight is 214 g/mol. The standard InChI is InChI=1S/C10H6N4O2/c11-6-8(5-10(15)16)7-1-3-9(4-2-7)13-14-12/h1-5H,(H,15,16). The number of carbonyl (C=O) groups is 1. The largest absolute Gasteiger partial charge is 0.478 e. The van der Waals surface area contributed by atoms with E-state index < -0.39 is 5.97 Å². The summed E-state index contributed by atoms with van der Waals surface area (Å²) in [4.78, 5) is 13.0. The molecule has 0 aliphatic carbocycles. The number of azide groups is 1. The summed E-state index contributed by atoms with van der Waals surface area (Å²) < 4.78 is 0. The van der Waals surface area contributed by atoms with Gasteiger partial charge in [-0.3, -0.25) is 0 Å². The molecule has 0 aliphatic rings. The predicted octanol–water partition coefficient (Wildman–Crippen LogP) is 2.62. The number of allylic oxidation sites excluding steroid dienone is 1. The van der Waals surface area contributed by atoms with Crippen molar-refractivity contribution in [2.45, 2.75) is 0 Å². The molecule has 0 aliphatic heterocycles. The maximum atomic E-state index is 10.4. The van der Waals surface area contributed by atoms with Crippen molar-refractivity contribution >= 4 is 17.2 Å². The van der Waals surface area contributed by atoms with Gasteiger partial charge in [0, 0.05) is 16.7 Å². The van der Waals surface area contributed by atoms with Gasteiger partial charge < -0.3 is 5.11 Å². The molecule has 1 rings (SSSR count). The highest BCUT2D eigenvalue weighted by Crippen LogP contribution is 2.18. The Balaban J connectivity index is 3.10. The Labute approximate surface area is 90.7 Å². The van der Waals surface area contributed by atoms with Crippen molar-refractivity contribution in [2.24, 2.45) is 5.11 Å². The first-order chi connectivity index (χ1) is 7.67. The van der Waals surface area contributed by atoms with Crippen molar-refractivity contribution < 1.29 is 9.90 Å². The fourth-order valence-electron chi connectivity index (χ4n) is 1.06. The van der Waals surface area contributed by atoms with Crippen LogP contribution in [0.1, 0.15) is 5.56 Å². The summed E-state index contributed by atoms with van der Waals surface area (Å²) in [5, 5.41) is 20.6. The smallest absolute Gasteiger partial charge is 0.329 e. The molecule has 0 saturated heterocycles. The van der Waals surface area contributed by atoms with Crippen molar-refractivity contribution in [1.82, 2.24) is 0 Å². The maximum absolute atomic E-state index is 10.4. The second-order valence-electron chi connectivity index (χ2n) is 2.74. The van der Waals surface area contributed by atoms with E-state index in [0.717, 1.165) is 6.08 Å². The van der Waals surface area contributed by atoms with E-state index in [0.29, 0.717) is 11.3 Å². The number of hydrogen-bond donors (Lipinski definition) is 1. The van der Waals surface area contributed by atoms with E-state index in [-0.39, 0.29) is 5.57 Å². The number of nitrogens with zero attached hydrogens (tertiary/aromatic N) is 4. The number of carboxylic acids is 1. The first-order valence-electron chi connectivity index (χ1n) is 4.17. The van der Waals surface area contributed by atoms with Crippen LogP contribution in [0.3, 0.4) is 0 Å². The fourth-order valence-corrected chi connectivity index (χ4v) is 1.06. The number of rotatable bonds is 3. The van der Waals surface area contributed by atoms with Crippen LogP contribution in [0.15, 0.2) is 35.5 Å². The molecule has 6 nitrogen and oxygen atoms in total. The van der Waals surface area contributed by atoms with E-state index in [1.54, 1.807) is 6.07 Å². The van der Waals surface area contributed by atoms with Crippen LogP contribution in [0.4, 0.5) is 5.69 Å². The lowest BCUT2D eigenvalue weighted by atomic mass is 10.1. The van der Waals surface area contributed by atoms with E-state index in [4.69, 9.17) is 15.9 Å².